The van der Waals surface area contributed by atoms with Crippen molar-refractivity contribution in [3.63, 3.8) is 0 Å². The Morgan fingerprint density at radius 3 is 2.56 bits per heavy atom. The number of nitrogens with zero attached hydrogens (tertiary/aromatic N) is 5. The lowest BCUT2D eigenvalue weighted by Crippen LogP contribution is -2.39. The lowest BCUT2D eigenvalue weighted by molar-refractivity contribution is -0.142. The average Bonchev–Trinajstić information content (AvgIpc) is 3.38. The fourth-order valence-electron chi connectivity index (χ4n) is 5.71. The predicted molar refractivity (Wildman–Crippen MR) is 162 cm³/mol. The molecular formula is C30H37FN6O5S. The predicted octanol–water partition coefficient (Wildman–Crippen LogP) is 5.09. The zero-order chi connectivity index (χ0) is 30.6. The number of likely N-dealkylation sites (tertiary alicyclic amines) is 1. The van der Waals surface area contributed by atoms with Crippen molar-refractivity contribution in [2.45, 2.75) is 46.1 Å². The molecule has 2 aliphatic rings. The summed E-state index contributed by atoms with van der Waals surface area (Å²) < 4.78 is 23.6. The Labute approximate surface area is 254 Å². The molecule has 0 saturated carbocycles. The maximum atomic E-state index is 13.2. The molecule has 0 radical (unpaired) electrons. The van der Waals surface area contributed by atoms with Crippen molar-refractivity contribution in [2.75, 3.05) is 50.4 Å². The number of alkyl halides is 1. The van der Waals surface area contributed by atoms with Crippen molar-refractivity contribution in [3.8, 4) is 22.8 Å². The second-order valence-electron chi connectivity index (χ2n) is 11.7. The number of aromatic nitrogens is 3. The molecule has 2 saturated heterocycles. The molecule has 2 fully saturated rings. The van der Waals surface area contributed by atoms with Crippen molar-refractivity contribution >= 4 is 34.2 Å². The highest BCUT2D eigenvalue weighted by molar-refractivity contribution is 7.16. The number of halogens is 1. The first kappa shape index (κ1) is 30.6. The Hall–Kier alpha value is -3.84. The molecule has 0 spiro atoms. The summed E-state index contributed by atoms with van der Waals surface area (Å²) in [6, 6.07) is 5.15. The van der Waals surface area contributed by atoms with Gasteiger partial charge < -0.3 is 19.5 Å². The summed E-state index contributed by atoms with van der Waals surface area (Å²) in [6.45, 7) is 7.26. The first-order chi connectivity index (χ1) is 20.6. The Kier molecular flexibility index (Phi) is 9.40. The van der Waals surface area contributed by atoms with Gasteiger partial charge in [0.05, 0.1) is 31.1 Å². The SMILES string of the molecule is COc1cc(OCF)cc(-c2nc(NC(=O)c3cnc(N4CCC(C(=O)O)CC4)cn3)sc2CN2CCCC(C)(C)C2)c1. The molecule has 0 atom stereocenters. The molecule has 0 aliphatic carbocycles. The third-order valence-corrected chi connectivity index (χ3v) is 8.87. The van der Waals surface area contributed by atoms with Gasteiger partial charge in [0, 0.05) is 42.7 Å². The number of carboxylic acid groups (broad SMARTS) is 1. The van der Waals surface area contributed by atoms with E-state index in [1.54, 1.807) is 12.1 Å². The van der Waals surface area contributed by atoms with Crippen molar-refractivity contribution in [2.24, 2.45) is 11.3 Å². The number of carbonyl (C=O) groups excluding carboxylic acids is 1. The van der Waals surface area contributed by atoms with E-state index in [0.717, 1.165) is 24.4 Å². The number of benzene rings is 1. The van der Waals surface area contributed by atoms with Gasteiger partial charge in [0.2, 0.25) is 6.86 Å². The zero-order valence-electron chi connectivity index (χ0n) is 24.6. The monoisotopic (exact) mass is 612 g/mol. The molecular weight excluding hydrogens is 575 g/mol. The number of aliphatic carboxylic acids is 1. The number of carboxylic acids is 1. The summed E-state index contributed by atoms with van der Waals surface area (Å²) in [5.41, 5.74) is 1.70. The molecule has 1 aromatic carbocycles. The van der Waals surface area contributed by atoms with E-state index in [4.69, 9.17) is 14.5 Å². The molecule has 11 nitrogen and oxygen atoms in total. The second kappa shape index (κ2) is 13.2. The molecule has 2 N–H and O–H groups in total. The summed E-state index contributed by atoms with van der Waals surface area (Å²) in [5.74, 6) is -0.126. The number of ether oxygens (including phenoxy) is 2. The number of anilines is 2. The summed E-state index contributed by atoms with van der Waals surface area (Å²) in [4.78, 5) is 43.3. The van der Waals surface area contributed by atoms with E-state index >= 15 is 0 Å². The Balaban J connectivity index is 1.36. The third kappa shape index (κ3) is 7.57. The summed E-state index contributed by atoms with van der Waals surface area (Å²) >= 11 is 1.39. The van der Waals surface area contributed by atoms with Crippen molar-refractivity contribution in [3.05, 3.63) is 41.2 Å². The minimum absolute atomic E-state index is 0.139. The van der Waals surface area contributed by atoms with Gasteiger partial charge in [-0.25, -0.2) is 19.3 Å². The lowest BCUT2D eigenvalue weighted by Gasteiger charge is -2.37. The van der Waals surface area contributed by atoms with Gasteiger partial charge in [0.15, 0.2) is 5.13 Å². The van der Waals surface area contributed by atoms with Crippen LogP contribution in [0.2, 0.25) is 0 Å². The van der Waals surface area contributed by atoms with Gasteiger partial charge in [0.1, 0.15) is 23.0 Å². The highest BCUT2D eigenvalue weighted by Gasteiger charge is 2.29. The number of hydrogen-bond donors (Lipinski definition) is 2. The van der Waals surface area contributed by atoms with Gasteiger partial charge in [-0.05, 0) is 49.8 Å². The van der Waals surface area contributed by atoms with E-state index in [0.29, 0.717) is 66.2 Å². The second-order valence-corrected chi connectivity index (χ2v) is 12.8. The van der Waals surface area contributed by atoms with E-state index in [1.807, 2.05) is 11.0 Å². The van der Waals surface area contributed by atoms with Crippen LogP contribution in [0.5, 0.6) is 11.5 Å². The molecule has 4 heterocycles. The van der Waals surface area contributed by atoms with Crippen molar-refractivity contribution in [1.82, 2.24) is 19.9 Å². The largest absolute Gasteiger partial charge is 0.497 e. The molecule has 230 valence electrons. The molecule has 2 aromatic heterocycles. The summed E-state index contributed by atoms with van der Waals surface area (Å²) in [6.07, 6.45) is 6.30. The van der Waals surface area contributed by atoms with Gasteiger partial charge in [-0.2, -0.15) is 0 Å². The number of nitrogens with one attached hydrogen (secondary N) is 1. The number of methoxy groups -OCH3 is 1. The van der Waals surface area contributed by atoms with Crippen LogP contribution >= 0.6 is 11.3 Å². The van der Waals surface area contributed by atoms with Gasteiger partial charge in [-0.15, -0.1) is 0 Å². The highest BCUT2D eigenvalue weighted by Crippen LogP contribution is 2.38. The Morgan fingerprint density at radius 2 is 1.91 bits per heavy atom. The third-order valence-electron chi connectivity index (χ3n) is 7.91. The van der Waals surface area contributed by atoms with Gasteiger partial charge in [0.25, 0.3) is 5.91 Å². The number of amides is 1. The van der Waals surface area contributed by atoms with Crippen LogP contribution in [0.3, 0.4) is 0 Å². The van der Waals surface area contributed by atoms with Crippen LogP contribution < -0.4 is 19.7 Å². The molecule has 2 aliphatic heterocycles. The first-order valence-corrected chi connectivity index (χ1v) is 15.2. The normalized spacial score (nSPS) is 17.4. The molecule has 5 rings (SSSR count). The number of thiazole rings is 1. The Bertz CT molecular complexity index is 1440. The molecule has 3 aromatic rings. The Morgan fingerprint density at radius 1 is 1.14 bits per heavy atom. The smallest absolute Gasteiger partial charge is 0.306 e. The first-order valence-electron chi connectivity index (χ1n) is 14.4. The highest BCUT2D eigenvalue weighted by atomic mass is 32.1. The van der Waals surface area contributed by atoms with Crippen molar-refractivity contribution < 1.29 is 28.6 Å². The minimum Gasteiger partial charge on any atom is -0.497 e. The van der Waals surface area contributed by atoms with Gasteiger partial charge in [-0.1, -0.05) is 25.2 Å². The molecule has 0 bridgehead atoms. The van der Waals surface area contributed by atoms with Crippen molar-refractivity contribution in [1.29, 1.82) is 0 Å². The number of piperidine rings is 2. The van der Waals surface area contributed by atoms with E-state index in [1.165, 1.54) is 37.3 Å². The topological polar surface area (TPSA) is 130 Å². The van der Waals surface area contributed by atoms with Gasteiger partial charge in [-0.3, -0.25) is 19.8 Å². The average molecular weight is 613 g/mol. The maximum Gasteiger partial charge on any atom is 0.306 e. The van der Waals surface area contributed by atoms with Crippen LogP contribution in [0.15, 0.2) is 30.6 Å². The number of carbonyl (C=O) groups is 2. The van der Waals surface area contributed by atoms with E-state index < -0.39 is 18.7 Å². The van der Waals surface area contributed by atoms with Crippen LogP contribution in [0.25, 0.3) is 11.3 Å². The zero-order valence-corrected chi connectivity index (χ0v) is 25.5. The minimum atomic E-state index is -0.971. The van der Waals surface area contributed by atoms with Crippen LogP contribution in [0.1, 0.15) is 54.9 Å². The summed E-state index contributed by atoms with van der Waals surface area (Å²) in [5, 5.41) is 12.5. The summed E-state index contributed by atoms with van der Waals surface area (Å²) in [7, 11) is 1.53. The maximum absolute atomic E-state index is 13.2. The molecule has 13 heteroatoms. The number of hydrogen-bond acceptors (Lipinski definition) is 10. The van der Waals surface area contributed by atoms with E-state index in [9.17, 15) is 19.1 Å². The molecule has 43 heavy (non-hydrogen) atoms. The standard InChI is InChI=1S/C30H37FN6O5S/c1-30(2)7-4-8-36(17-30)16-24-26(20-11-21(41-3)13-22(12-20)42-18-31)34-29(43-24)35-27(38)23-14-33-25(15-32-23)37-9-5-19(6-10-37)28(39)40/h11-15,19H,4-10,16-18H2,1-3H3,(H,39,40)(H,34,35,38). The van der Waals surface area contributed by atoms with Crippen LogP contribution in [-0.2, 0) is 11.3 Å². The fourth-order valence-corrected chi connectivity index (χ4v) is 6.73. The van der Waals surface area contributed by atoms with E-state index in [2.05, 4.69) is 34.0 Å². The quantitative estimate of drug-likeness (QED) is 0.319. The van der Waals surface area contributed by atoms with Crippen LogP contribution in [-0.4, -0.2) is 77.0 Å². The van der Waals surface area contributed by atoms with Crippen LogP contribution in [0.4, 0.5) is 15.3 Å². The molecule has 0 unspecified atom stereocenters. The molecule has 1 amide bonds. The number of rotatable bonds is 10. The fraction of sp³-hybridized carbons (Fsp3) is 0.500. The van der Waals surface area contributed by atoms with E-state index in [-0.39, 0.29) is 17.0 Å². The lowest BCUT2D eigenvalue weighted by atomic mass is 9.84. The van der Waals surface area contributed by atoms with Gasteiger partial charge >= 0.3 is 5.97 Å². The van der Waals surface area contributed by atoms with Crippen LogP contribution in [0, 0.1) is 11.3 Å².